The number of aliphatic carboxylic acids is 1. The Kier molecular flexibility index (Phi) is 18.2. The fraction of sp³-hybridized carbons (Fsp3) is 0.333. The first kappa shape index (κ1) is 47.4. The molecule has 0 heterocycles. The van der Waals surface area contributed by atoms with Gasteiger partial charge in [0.1, 0.15) is 5.75 Å². The molecule has 0 saturated heterocycles. The van der Waals surface area contributed by atoms with Crippen LogP contribution < -0.4 is 128 Å². The summed E-state index contributed by atoms with van der Waals surface area (Å²) in [6, 6.07) is 24.1. The van der Waals surface area contributed by atoms with Gasteiger partial charge in [-0.2, -0.15) is 4.31 Å². The summed E-state index contributed by atoms with van der Waals surface area (Å²) in [6.07, 6.45) is 5.01. The van der Waals surface area contributed by atoms with Crippen LogP contribution in [0.4, 0.5) is 11.4 Å². The molecule has 288 valence electrons. The second-order valence-electron chi connectivity index (χ2n) is 14.1. The van der Waals surface area contributed by atoms with Crippen LogP contribution in [0.1, 0.15) is 87.6 Å². The van der Waals surface area contributed by atoms with Crippen molar-refractivity contribution >= 4 is 45.2 Å². The smallest absolute Gasteiger partial charge is 0.550 e. The monoisotopic (exact) mass is 843 g/mol. The molecule has 4 aromatic rings. The van der Waals surface area contributed by atoms with Crippen LogP contribution in [0.5, 0.6) is 5.75 Å². The minimum Gasteiger partial charge on any atom is -0.550 e. The Morgan fingerprint density at radius 1 is 0.737 bits per heavy atom. The van der Waals surface area contributed by atoms with Crippen LogP contribution in [0, 0.1) is 11.8 Å². The first-order chi connectivity index (χ1) is 26.4. The standard InChI is InChI=1S/C42H45N3O9S.2K/c1-2-45(34-20-16-31(17-21-34)42(50)51)55(52,53)36-5-3-4-32(24-36)39(46)44-38-23-22-35(54-26-29-8-9-29)25-37(38)40(47)43-33-18-12-28(13-19-33)7-6-27-10-14-30(15-11-27)41(48)49;;/h3-5,10-15,18-19,22-25,29,31,34H,2,6-9,16-17,20-21,26H2,1H3,(H,43,47)(H,44,46)(H,48,49)(H,50,51);;/q;2*+1/p-2/t31-,34-;;. The van der Waals surface area contributed by atoms with E-state index >= 15 is 0 Å². The van der Waals surface area contributed by atoms with Crippen LogP contribution in [-0.2, 0) is 27.7 Å². The molecular formula is C42H43K2N3O9S. The molecule has 0 aromatic heterocycles. The third-order valence-corrected chi connectivity index (χ3v) is 12.2. The number of aromatic carboxylic acids is 1. The van der Waals surface area contributed by atoms with Crippen LogP contribution >= 0.6 is 0 Å². The number of nitrogens with zero attached hydrogens (tertiary/aromatic N) is 1. The maximum Gasteiger partial charge on any atom is 1.00 e. The van der Waals surface area contributed by atoms with Crippen molar-refractivity contribution in [2.75, 3.05) is 23.8 Å². The predicted molar refractivity (Wildman–Crippen MR) is 202 cm³/mol. The third-order valence-electron chi connectivity index (χ3n) is 10.2. The molecule has 15 heteroatoms. The van der Waals surface area contributed by atoms with E-state index in [1.54, 1.807) is 49.4 Å². The molecule has 0 unspecified atom stereocenters. The molecule has 12 nitrogen and oxygen atoms in total. The summed E-state index contributed by atoms with van der Waals surface area (Å²) in [6.45, 7) is 2.42. The summed E-state index contributed by atoms with van der Waals surface area (Å²) in [5, 5.41) is 28.0. The number of hydrogen-bond donors (Lipinski definition) is 2. The second kappa shape index (κ2) is 21.8. The number of ether oxygens (including phenoxy) is 1. The van der Waals surface area contributed by atoms with Crippen LogP contribution in [-0.4, -0.2) is 55.7 Å². The number of carbonyl (C=O) groups excluding carboxylic acids is 4. The summed E-state index contributed by atoms with van der Waals surface area (Å²) >= 11 is 0. The van der Waals surface area contributed by atoms with Crippen molar-refractivity contribution < 1.29 is 145 Å². The van der Waals surface area contributed by atoms with Crippen molar-refractivity contribution in [3.05, 3.63) is 119 Å². The van der Waals surface area contributed by atoms with Gasteiger partial charge in [0.05, 0.1) is 28.7 Å². The van der Waals surface area contributed by atoms with Gasteiger partial charge in [0.25, 0.3) is 11.8 Å². The van der Waals surface area contributed by atoms with Crippen LogP contribution in [0.3, 0.4) is 0 Å². The van der Waals surface area contributed by atoms with Crippen molar-refractivity contribution in [3.8, 4) is 5.75 Å². The van der Waals surface area contributed by atoms with E-state index in [9.17, 15) is 37.8 Å². The number of anilines is 2. The van der Waals surface area contributed by atoms with Gasteiger partial charge in [-0.1, -0.05) is 49.4 Å². The van der Waals surface area contributed by atoms with Crippen LogP contribution in [0.25, 0.3) is 0 Å². The summed E-state index contributed by atoms with van der Waals surface area (Å²) in [5.41, 5.74) is 3.07. The van der Waals surface area contributed by atoms with Gasteiger partial charge in [-0.25, -0.2) is 8.42 Å². The van der Waals surface area contributed by atoms with E-state index in [0.717, 1.165) is 24.0 Å². The van der Waals surface area contributed by atoms with Crippen molar-refractivity contribution in [2.45, 2.75) is 69.2 Å². The average Bonchev–Trinajstić information content (AvgIpc) is 4.02. The quantitative estimate of drug-likeness (QED) is 0.126. The first-order valence-corrected chi connectivity index (χ1v) is 20.0. The van der Waals surface area contributed by atoms with Gasteiger partial charge in [-0.3, -0.25) is 9.59 Å². The molecule has 2 amide bonds. The fourth-order valence-electron chi connectivity index (χ4n) is 6.81. The van der Waals surface area contributed by atoms with Gasteiger partial charge < -0.3 is 35.2 Å². The van der Waals surface area contributed by atoms with E-state index in [4.69, 9.17) is 4.74 Å². The van der Waals surface area contributed by atoms with Gasteiger partial charge >= 0.3 is 103 Å². The Morgan fingerprint density at radius 2 is 1.37 bits per heavy atom. The van der Waals surface area contributed by atoms with E-state index in [-0.39, 0.29) is 143 Å². The van der Waals surface area contributed by atoms with Gasteiger partial charge in [0, 0.05) is 29.8 Å². The maximum absolute atomic E-state index is 13.8. The molecular weight excluding hydrogens is 801 g/mol. The Hall–Kier alpha value is -2.26. The van der Waals surface area contributed by atoms with Gasteiger partial charge in [0.15, 0.2) is 0 Å². The zero-order valence-corrected chi connectivity index (χ0v) is 39.6. The molecule has 0 bridgehead atoms. The minimum absolute atomic E-state index is 0. The first-order valence-electron chi connectivity index (χ1n) is 18.5. The SMILES string of the molecule is CCN([C@H]1CC[C@H](C(=O)[O-])CC1)S(=O)(=O)c1cccc(C(=O)Nc2ccc(OCC3CC3)cc2C(=O)Nc2ccc(CCc3ccc(C(=O)[O-])cc3)cc2)c1.[K+].[K+]. The topological polar surface area (TPSA) is 185 Å². The number of sulfonamides is 1. The Bertz CT molecular complexity index is 2150. The molecule has 0 radical (unpaired) electrons. The molecule has 0 atom stereocenters. The third kappa shape index (κ3) is 12.9. The number of hydrogen-bond acceptors (Lipinski definition) is 9. The Balaban J connectivity index is 0.00000360. The zero-order valence-electron chi connectivity index (χ0n) is 32.5. The van der Waals surface area contributed by atoms with Crippen LogP contribution in [0.15, 0.2) is 95.9 Å². The molecule has 2 aliphatic rings. The number of benzene rings is 4. The maximum atomic E-state index is 13.8. The number of nitrogens with one attached hydrogen (secondary N) is 2. The predicted octanol–water partition coefficient (Wildman–Crippen LogP) is -1.54. The van der Waals surface area contributed by atoms with Gasteiger partial charge in [0.2, 0.25) is 10.0 Å². The molecule has 2 saturated carbocycles. The normalized spacial score (nSPS) is 16.4. The summed E-state index contributed by atoms with van der Waals surface area (Å²) in [4.78, 5) is 49.7. The van der Waals surface area contributed by atoms with Crippen molar-refractivity contribution in [3.63, 3.8) is 0 Å². The van der Waals surface area contributed by atoms with Crippen LogP contribution in [0.2, 0.25) is 0 Å². The van der Waals surface area contributed by atoms with Crippen molar-refractivity contribution in [1.82, 2.24) is 4.31 Å². The van der Waals surface area contributed by atoms with E-state index in [1.165, 1.54) is 40.7 Å². The minimum atomic E-state index is -4.03. The molecule has 0 spiro atoms. The largest absolute Gasteiger partial charge is 1.00 e. The van der Waals surface area contributed by atoms with E-state index in [0.29, 0.717) is 62.5 Å². The fourth-order valence-corrected chi connectivity index (χ4v) is 8.55. The molecule has 4 aromatic carbocycles. The molecule has 2 fully saturated rings. The van der Waals surface area contributed by atoms with Gasteiger partial charge in [-0.05, 0) is 128 Å². The molecule has 2 N–H and O–H groups in total. The van der Waals surface area contributed by atoms with Crippen molar-refractivity contribution in [2.24, 2.45) is 11.8 Å². The Labute approximate surface area is 418 Å². The van der Waals surface area contributed by atoms with Crippen molar-refractivity contribution in [1.29, 1.82) is 0 Å². The number of amides is 2. The number of rotatable bonds is 16. The molecule has 57 heavy (non-hydrogen) atoms. The Morgan fingerprint density at radius 3 is 1.95 bits per heavy atom. The number of carboxylic acid groups (broad SMARTS) is 2. The molecule has 6 rings (SSSR count). The van der Waals surface area contributed by atoms with Gasteiger partial charge in [-0.15, -0.1) is 0 Å². The van der Waals surface area contributed by atoms with E-state index in [1.807, 2.05) is 12.1 Å². The zero-order chi connectivity index (χ0) is 39.1. The molecule has 2 aliphatic carbocycles. The number of carbonyl (C=O) groups is 4. The van der Waals surface area contributed by atoms with E-state index in [2.05, 4.69) is 10.6 Å². The average molecular weight is 844 g/mol. The number of aryl methyl sites for hydroxylation is 2. The number of carboxylic acids is 2. The summed E-state index contributed by atoms with van der Waals surface area (Å²) in [5.74, 6) is -3.09. The molecule has 0 aliphatic heterocycles. The summed E-state index contributed by atoms with van der Waals surface area (Å²) in [7, 11) is -4.03. The summed E-state index contributed by atoms with van der Waals surface area (Å²) < 4.78 is 34.9. The second-order valence-corrected chi connectivity index (χ2v) is 16.0. The van der Waals surface area contributed by atoms with E-state index < -0.39 is 39.7 Å².